The van der Waals surface area contributed by atoms with Crippen molar-refractivity contribution in [2.24, 2.45) is 0 Å². The van der Waals surface area contributed by atoms with Gasteiger partial charge in [-0.05, 0) is 24.1 Å². The van der Waals surface area contributed by atoms with Crippen LogP contribution in [0.25, 0.3) is 0 Å². The van der Waals surface area contributed by atoms with Crippen LogP contribution in [-0.4, -0.2) is 24.8 Å². The minimum Gasteiger partial charge on any atom is -0.493 e. The van der Waals surface area contributed by atoms with Crippen molar-refractivity contribution in [3.8, 4) is 11.5 Å². The average Bonchev–Trinajstić information content (AvgIpc) is 2.30. The number of methoxy groups -OCH3 is 1. The molecule has 0 aliphatic carbocycles. The van der Waals surface area contributed by atoms with Gasteiger partial charge in [-0.3, -0.25) is 4.79 Å². The van der Waals surface area contributed by atoms with E-state index in [4.69, 9.17) is 9.84 Å². The predicted molar refractivity (Wildman–Crippen MR) is 60.3 cm³/mol. The molecular weight excluding hydrogens is 246 g/mol. The highest BCUT2D eigenvalue weighted by Gasteiger charge is 2.20. The summed E-state index contributed by atoms with van der Waals surface area (Å²) in [6.45, 7) is -1.22. The van der Waals surface area contributed by atoms with Crippen LogP contribution in [0.2, 0.25) is 0 Å². The third kappa shape index (κ3) is 3.32. The Kier molecular flexibility index (Phi) is 4.88. The summed E-state index contributed by atoms with van der Waals surface area (Å²) in [5, 5.41) is 9.01. The molecule has 0 fully saturated rings. The quantitative estimate of drug-likeness (QED) is 0.854. The van der Waals surface area contributed by atoms with Crippen LogP contribution < -0.4 is 9.47 Å². The SMILES string of the molecule is CCC(C(=O)O)c1ccc(OC(F)F)c(OC)c1. The van der Waals surface area contributed by atoms with Crippen LogP contribution >= 0.6 is 0 Å². The lowest BCUT2D eigenvalue weighted by atomic mass is 9.96. The van der Waals surface area contributed by atoms with Crippen molar-refractivity contribution in [1.29, 1.82) is 0 Å². The molecular formula is C12H14F2O4. The Labute approximate surface area is 103 Å². The van der Waals surface area contributed by atoms with E-state index in [1.54, 1.807) is 6.92 Å². The number of aliphatic carboxylic acids is 1. The molecule has 0 bridgehead atoms. The van der Waals surface area contributed by atoms with E-state index in [0.717, 1.165) is 0 Å². The Morgan fingerprint density at radius 3 is 2.50 bits per heavy atom. The molecule has 1 aromatic carbocycles. The molecule has 0 spiro atoms. The number of halogens is 2. The van der Waals surface area contributed by atoms with E-state index in [1.807, 2.05) is 0 Å². The van der Waals surface area contributed by atoms with Gasteiger partial charge in [-0.2, -0.15) is 8.78 Å². The van der Waals surface area contributed by atoms with Gasteiger partial charge < -0.3 is 14.6 Å². The van der Waals surface area contributed by atoms with Crippen molar-refractivity contribution in [2.45, 2.75) is 25.9 Å². The van der Waals surface area contributed by atoms with Gasteiger partial charge >= 0.3 is 12.6 Å². The van der Waals surface area contributed by atoms with E-state index in [2.05, 4.69) is 4.74 Å². The first-order chi connectivity index (χ1) is 8.49. The fourth-order valence-electron chi connectivity index (χ4n) is 1.65. The van der Waals surface area contributed by atoms with E-state index in [-0.39, 0.29) is 11.5 Å². The Balaban J connectivity index is 3.07. The normalized spacial score (nSPS) is 12.3. The first kappa shape index (κ1) is 14.2. The van der Waals surface area contributed by atoms with Crippen LogP contribution in [-0.2, 0) is 4.79 Å². The number of hydrogen-bond acceptors (Lipinski definition) is 3. The molecule has 0 aliphatic heterocycles. The van der Waals surface area contributed by atoms with Gasteiger partial charge in [-0.15, -0.1) is 0 Å². The van der Waals surface area contributed by atoms with E-state index in [1.165, 1.54) is 25.3 Å². The maximum absolute atomic E-state index is 12.1. The van der Waals surface area contributed by atoms with E-state index in [0.29, 0.717) is 12.0 Å². The molecule has 0 saturated heterocycles. The molecule has 100 valence electrons. The molecule has 1 atom stereocenters. The first-order valence-electron chi connectivity index (χ1n) is 5.35. The Morgan fingerprint density at radius 1 is 1.39 bits per heavy atom. The van der Waals surface area contributed by atoms with Crippen molar-refractivity contribution < 1.29 is 28.2 Å². The van der Waals surface area contributed by atoms with E-state index in [9.17, 15) is 13.6 Å². The zero-order chi connectivity index (χ0) is 13.7. The fourth-order valence-corrected chi connectivity index (χ4v) is 1.65. The first-order valence-corrected chi connectivity index (χ1v) is 5.35. The second kappa shape index (κ2) is 6.18. The molecule has 6 heteroatoms. The Morgan fingerprint density at radius 2 is 2.06 bits per heavy atom. The van der Waals surface area contributed by atoms with Crippen LogP contribution in [0.15, 0.2) is 18.2 Å². The van der Waals surface area contributed by atoms with Gasteiger partial charge in [-0.25, -0.2) is 0 Å². The minimum atomic E-state index is -2.95. The topological polar surface area (TPSA) is 55.8 Å². The largest absolute Gasteiger partial charge is 0.493 e. The average molecular weight is 260 g/mol. The van der Waals surface area contributed by atoms with Crippen LogP contribution in [0.3, 0.4) is 0 Å². The summed E-state index contributed by atoms with van der Waals surface area (Å²) < 4.78 is 33.4. The smallest absolute Gasteiger partial charge is 0.387 e. The zero-order valence-electron chi connectivity index (χ0n) is 10.0. The van der Waals surface area contributed by atoms with Gasteiger partial charge in [0.25, 0.3) is 0 Å². The van der Waals surface area contributed by atoms with Crippen molar-refractivity contribution >= 4 is 5.97 Å². The monoisotopic (exact) mass is 260 g/mol. The lowest BCUT2D eigenvalue weighted by Gasteiger charge is -2.14. The number of alkyl halides is 2. The zero-order valence-corrected chi connectivity index (χ0v) is 10.0. The molecule has 0 amide bonds. The highest BCUT2D eigenvalue weighted by Crippen LogP contribution is 2.32. The van der Waals surface area contributed by atoms with Crippen LogP contribution in [0.4, 0.5) is 8.78 Å². The Hall–Kier alpha value is -1.85. The van der Waals surface area contributed by atoms with Crippen LogP contribution in [0.1, 0.15) is 24.8 Å². The van der Waals surface area contributed by atoms with Gasteiger partial charge in [0.05, 0.1) is 13.0 Å². The number of benzene rings is 1. The number of hydrogen-bond donors (Lipinski definition) is 1. The Bertz CT molecular complexity index is 421. The van der Waals surface area contributed by atoms with E-state index >= 15 is 0 Å². The maximum atomic E-state index is 12.1. The van der Waals surface area contributed by atoms with Gasteiger partial charge in [0.2, 0.25) is 0 Å². The lowest BCUT2D eigenvalue weighted by molar-refractivity contribution is -0.138. The number of carbonyl (C=O) groups is 1. The lowest BCUT2D eigenvalue weighted by Crippen LogP contribution is -2.11. The summed E-state index contributed by atoms with van der Waals surface area (Å²) in [7, 11) is 1.30. The fraction of sp³-hybridized carbons (Fsp3) is 0.417. The number of rotatable bonds is 6. The summed E-state index contributed by atoms with van der Waals surface area (Å²) in [5.41, 5.74) is 0.489. The molecule has 0 saturated carbocycles. The van der Waals surface area contributed by atoms with Gasteiger partial charge in [0.1, 0.15) is 0 Å². The highest BCUT2D eigenvalue weighted by atomic mass is 19.3. The number of ether oxygens (including phenoxy) is 2. The summed E-state index contributed by atoms with van der Waals surface area (Å²) >= 11 is 0. The molecule has 1 N–H and O–H groups in total. The van der Waals surface area contributed by atoms with Gasteiger partial charge in [-0.1, -0.05) is 13.0 Å². The van der Waals surface area contributed by atoms with Crippen molar-refractivity contribution in [1.82, 2.24) is 0 Å². The molecule has 0 aliphatic rings. The van der Waals surface area contributed by atoms with E-state index < -0.39 is 18.5 Å². The minimum absolute atomic E-state index is 0.0903. The van der Waals surface area contributed by atoms with Gasteiger partial charge in [0.15, 0.2) is 11.5 Å². The van der Waals surface area contributed by atoms with Crippen LogP contribution in [0, 0.1) is 0 Å². The molecule has 1 rings (SSSR count). The summed E-state index contributed by atoms with van der Waals surface area (Å²) in [6, 6.07) is 4.13. The summed E-state index contributed by atoms with van der Waals surface area (Å²) in [4.78, 5) is 11.0. The number of carboxylic acid groups (broad SMARTS) is 1. The van der Waals surface area contributed by atoms with Crippen molar-refractivity contribution in [2.75, 3.05) is 7.11 Å². The molecule has 0 aromatic heterocycles. The van der Waals surface area contributed by atoms with Crippen molar-refractivity contribution in [3.63, 3.8) is 0 Å². The third-order valence-electron chi connectivity index (χ3n) is 2.51. The third-order valence-corrected chi connectivity index (χ3v) is 2.51. The molecule has 0 heterocycles. The second-order valence-corrected chi connectivity index (χ2v) is 3.59. The molecule has 18 heavy (non-hydrogen) atoms. The van der Waals surface area contributed by atoms with Crippen LogP contribution in [0.5, 0.6) is 11.5 Å². The predicted octanol–water partition coefficient (Wildman–Crippen LogP) is 2.87. The summed E-state index contributed by atoms with van der Waals surface area (Å²) in [5.74, 6) is -1.69. The number of carboxylic acids is 1. The molecule has 0 radical (unpaired) electrons. The van der Waals surface area contributed by atoms with Crippen molar-refractivity contribution in [3.05, 3.63) is 23.8 Å². The second-order valence-electron chi connectivity index (χ2n) is 3.59. The standard InChI is InChI=1S/C12H14F2O4/c1-3-8(11(15)16)7-4-5-9(18-12(13)14)10(6-7)17-2/h4-6,8,12H,3H2,1-2H3,(H,15,16). The molecule has 4 nitrogen and oxygen atoms in total. The highest BCUT2D eigenvalue weighted by molar-refractivity contribution is 5.76. The van der Waals surface area contributed by atoms with Gasteiger partial charge in [0, 0.05) is 0 Å². The molecule has 1 aromatic rings. The summed E-state index contributed by atoms with van der Waals surface area (Å²) in [6.07, 6.45) is 0.396. The maximum Gasteiger partial charge on any atom is 0.387 e. The molecule has 1 unspecified atom stereocenters.